The van der Waals surface area contributed by atoms with Gasteiger partial charge in [0.1, 0.15) is 5.82 Å². The second kappa shape index (κ2) is 4.65. The Balaban J connectivity index is 1.87. The van der Waals surface area contributed by atoms with E-state index in [9.17, 15) is 9.50 Å². The van der Waals surface area contributed by atoms with Crippen LogP contribution in [0.4, 0.5) is 15.8 Å². The summed E-state index contributed by atoms with van der Waals surface area (Å²) >= 11 is 0. The van der Waals surface area contributed by atoms with Crippen LogP contribution >= 0.6 is 0 Å². The highest BCUT2D eigenvalue weighted by atomic mass is 19.1. The van der Waals surface area contributed by atoms with Gasteiger partial charge in [-0.2, -0.15) is 0 Å². The van der Waals surface area contributed by atoms with Gasteiger partial charge >= 0.3 is 0 Å². The van der Waals surface area contributed by atoms with Gasteiger partial charge in [0, 0.05) is 26.7 Å². The van der Waals surface area contributed by atoms with E-state index >= 15 is 0 Å². The van der Waals surface area contributed by atoms with Crippen molar-refractivity contribution in [2.45, 2.75) is 0 Å². The topological polar surface area (TPSA) is 35.9 Å². The van der Waals surface area contributed by atoms with Gasteiger partial charge in [-0.05, 0) is 18.2 Å². The van der Waals surface area contributed by atoms with Crippen LogP contribution < -0.4 is 9.80 Å². The van der Waals surface area contributed by atoms with Crippen LogP contribution in [-0.4, -0.2) is 51.6 Å². The Morgan fingerprint density at radius 1 is 1.32 bits per heavy atom. The smallest absolute Gasteiger partial charge is 0.125 e. The zero-order chi connectivity index (χ0) is 13.5. The van der Waals surface area contributed by atoms with E-state index in [0.717, 1.165) is 31.0 Å². The number of benzene rings is 1. The first kappa shape index (κ1) is 12.7. The molecule has 2 aliphatic rings. The van der Waals surface area contributed by atoms with Crippen molar-refractivity contribution in [1.29, 1.82) is 0 Å². The maximum Gasteiger partial charge on any atom is 0.125 e. The number of halogens is 1. The molecule has 0 bridgehead atoms. The van der Waals surface area contributed by atoms with E-state index < -0.39 is 0 Å². The fourth-order valence-corrected chi connectivity index (χ4v) is 2.77. The number of anilines is 2. The predicted octanol–water partition coefficient (Wildman–Crippen LogP) is 1.09. The largest absolute Gasteiger partial charge is 0.396 e. The molecule has 0 amide bonds. The van der Waals surface area contributed by atoms with E-state index in [1.807, 2.05) is 13.1 Å². The third-order valence-corrected chi connectivity index (χ3v) is 4.07. The highest BCUT2D eigenvalue weighted by Crippen LogP contribution is 2.36. The summed E-state index contributed by atoms with van der Waals surface area (Å²) in [6.07, 6.45) is 0. The fraction of sp³-hybridized carbons (Fsp3) is 0.571. The van der Waals surface area contributed by atoms with Crippen molar-refractivity contribution in [3.8, 4) is 0 Å². The van der Waals surface area contributed by atoms with Crippen molar-refractivity contribution in [2.75, 3.05) is 56.3 Å². The Kier molecular flexibility index (Phi) is 3.11. The molecule has 2 heterocycles. The van der Waals surface area contributed by atoms with E-state index in [1.54, 1.807) is 6.07 Å². The van der Waals surface area contributed by atoms with Gasteiger partial charge < -0.3 is 19.6 Å². The summed E-state index contributed by atoms with van der Waals surface area (Å²) in [4.78, 5) is 4.30. The maximum absolute atomic E-state index is 13.4. The third-order valence-electron chi connectivity index (χ3n) is 4.07. The predicted molar refractivity (Wildman–Crippen MR) is 72.2 cm³/mol. The SMILES string of the molecule is CN1CCN(CC2(CO)COC2)c2ccc(F)cc21. The molecular weight excluding hydrogens is 247 g/mol. The first-order chi connectivity index (χ1) is 9.13. The number of ether oxygens (including phenoxy) is 1. The lowest BCUT2D eigenvalue weighted by Gasteiger charge is -2.46. The molecule has 1 aromatic rings. The molecule has 0 spiro atoms. The fourth-order valence-electron chi connectivity index (χ4n) is 2.77. The van der Waals surface area contributed by atoms with Crippen molar-refractivity contribution >= 4 is 11.4 Å². The number of hydrogen-bond donors (Lipinski definition) is 1. The molecule has 2 aliphatic heterocycles. The average molecular weight is 266 g/mol. The molecule has 3 rings (SSSR count). The van der Waals surface area contributed by atoms with Crippen molar-refractivity contribution in [3.05, 3.63) is 24.0 Å². The number of hydrogen-bond acceptors (Lipinski definition) is 4. The minimum Gasteiger partial charge on any atom is -0.396 e. The third kappa shape index (κ3) is 2.17. The second-order valence-electron chi connectivity index (χ2n) is 5.63. The molecule has 19 heavy (non-hydrogen) atoms. The Morgan fingerprint density at radius 3 is 2.74 bits per heavy atom. The molecule has 0 atom stereocenters. The molecule has 0 aromatic heterocycles. The molecule has 0 radical (unpaired) electrons. The van der Waals surface area contributed by atoms with E-state index in [1.165, 1.54) is 6.07 Å². The summed E-state index contributed by atoms with van der Waals surface area (Å²) in [5.41, 5.74) is 1.80. The average Bonchev–Trinajstić information content (AvgIpc) is 2.37. The number of fused-ring (bicyclic) bond motifs is 1. The van der Waals surface area contributed by atoms with Crippen LogP contribution in [-0.2, 0) is 4.74 Å². The molecule has 1 saturated heterocycles. The first-order valence-corrected chi connectivity index (χ1v) is 6.58. The molecule has 0 unspecified atom stereocenters. The molecule has 0 saturated carbocycles. The minimum atomic E-state index is -0.212. The van der Waals surface area contributed by atoms with Gasteiger partial charge in [0.25, 0.3) is 0 Å². The number of aliphatic hydroxyl groups excluding tert-OH is 1. The van der Waals surface area contributed by atoms with Crippen molar-refractivity contribution in [3.63, 3.8) is 0 Å². The summed E-state index contributed by atoms with van der Waals surface area (Å²) in [5, 5.41) is 9.53. The van der Waals surface area contributed by atoms with Gasteiger partial charge in [-0.15, -0.1) is 0 Å². The summed E-state index contributed by atoms with van der Waals surface area (Å²) in [7, 11) is 1.98. The maximum atomic E-state index is 13.4. The summed E-state index contributed by atoms with van der Waals surface area (Å²) in [6, 6.07) is 4.89. The molecule has 0 aliphatic carbocycles. The van der Waals surface area contributed by atoms with Crippen LogP contribution in [0.15, 0.2) is 18.2 Å². The van der Waals surface area contributed by atoms with Gasteiger partial charge in [0.2, 0.25) is 0 Å². The minimum absolute atomic E-state index is 0.135. The second-order valence-corrected chi connectivity index (χ2v) is 5.63. The molecule has 1 N–H and O–H groups in total. The van der Waals surface area contributed by atoms with Gasteiger partial charge in [0.15, 0.2) is 0 Å². The van der Waals surface area contributed by atoms with Gasteiger partial charge in [-0.25, -0.2) is 4.39 Å². The number of likely N-dealkylation sites (N-methyl/N-ethyl adjacent to an activating group) is 1. The van der Waals surface area contributed by atoms with Gasteiger partial charge in [0.05, 0.1) is 36.6 Å². The van der Waals surface area contributed by atoms with Crippen LogP contribution in [0.25, 0.3) is 0 Å². The molecule has 1 aromatic carbocycles. The summed E-state index contributed by atoms with van der Waals surface area (Å²) in [6.45, 7) is 3.85. The lowest BCUT2D eigenvalue weighted by Crippen LogP contribution is -2.55. The summed E-state index contributed by atoms with van der Waals surface area (Å²) in [5.74, 6) is -0.212. The highest BCUT2D eigenvalue weighted by molar-refractivity contribution is 5.73. The Morgan fingerprint density at radius 2 is 2.11 bits per heavy atom. The van der Waals surface area contributed by atoms with E-state index in [-0.39, 0.29) is 17.8 Å². The molecular formula is C14H19FN2O2. The first-order valence-electron chi connectivity index (χ1n) is 6.58. The highest BCUT2D eigenvalue weighted by Gasteiger charge is 2.40. The molecule has 4 nitrogen and oxygen atoms in total. The monoisotopic (exact) mass is 266 g/mol. The van der Waals surface area contributed by atoms with Crippen molar-refractivity contribution < 1.29 is 14.2 Å². The van der Waals surface area contributed by atoms with Crippen LogP contribution in [0.3, 0.4) is 0 Å². The van der Waals surface area contributed by atoms with Crippen LogP contribution in [0.5, 0.6) is 0 Å². The zero-order valence-electron chi connectivity index (χ0n) is 11.1. The Bertz CT molecular complexity index is 471. The Hall–Kier alpha value is -1.33. The normalized spacial score (nSPS) is 21.0. The van der Waals surface area contributed by atoms with Gasteiger partial charge in [-0.1, -0.05) is 0 Å². The lowest BCUT2D eigenvalue weighted by molar-refractivity contribution is -0.131. The number of aliphatic hydroxyl groups is 1. The van der Waals surface area contributed by atoms with Crippen molar-refractivity contribution in [2.24, 2.45) is 5.41 Å². The van der Waals surface area contributed by atoms with E-state index in [2.05, 4.69) is 9.80 Å². The van der Waals surface area contributed by atoms with Crippen molar-refractivity contribution in [1.82, 2.24) is 0 Å². The zero-order valence-corrected chi connectivity index (χ0v) is 11.1. The van der Waals surface area contributed by atoms with Crippen LogP contribution in [0.2, 0.25) is 0 Å². The molecule has 1 fully saturated rings. The number of nitrogens with zero attached hydrogens (tertiary/aromatic N) is 2. The standard InChI is InChI=1S/C14H19FN2O2/c1-16-4-5-17(7-14(8-18)9-19-10-14)12-3-2-11(15)6-13(12)16/h2-3,6,18H,4-5,7-10H2,1H3. The quantitative estimate of drug-likeness (QED) is 0.888. The molecule has 104 valence electrons. The molecule has 5 heteroatoms. The van der Waals surface area contributed by atoms with E-state index in [0.29, 0.717) is 13.2 Å². The van der Waals surface area contributed by atoms with Crippen LogP contribution in [0.1, 0.15) is 0 Å². The lowest BCUT2D eigenvalue weighted by atomic mass is 9.86. The number of rotatable bonds is 3. The Labute approximate surface area is 112 Å². The summed E-state index contributed by atoms with van der Waals surface area (Å²) < 4.78 is 18.6. The van der Waals surface area contributed by atoms with E-state index in [4.69, 9.17) is 4.74 Å². The van der Waals surface area contributed by atoms with Crippen LogP contribution in [0, 0.1) is 11.2 Å². The van der Waals surface area contributed by atoms with Gasteiger partial charge in [-0.3, -0.25) is 0 Å².